The van der Waals surface area contributed by atoms with Crippen molar-refractivity contribution in [1.82, 2.24) is 0 Å². The van der Waals surface area contributed by atoms with E-state index in [0.717, 1.165) is 17.0 Å². The number of fused-ring (bicyclic) bond motifs is 1. The summed E-state index contributed by atoms with van der Waals surface area (Å²) in [7, 11) is 0. The van der Waals surface area contributed by atoms with Crippen LogP contribution in [-0.4, -0.2) is 0 Å². The molecule has 0 saturated carbocycles. The van der Waals surface area contributed by atoms with Crippen molar-refractivity contribution in [2.45, 2.75) is 27.7 Å². The quantitative estimate of drug-likeness (QED) is 0.425. The van der Waals surface area contributed by atoms with Crippen LogP contribution in [0.1, 0.15) is 27.7 Å². The van der Waals surface area contributed by atoms with Crippen LogP contribution in [0.3, 0.4) is 0 Å². The molecule has 0 unspecified atom stereocenters. The first-order valence-corrected chi connectivity index (χ1v) is 5.55. The molecule has 1 aliphatic carbocycles. The minimum atomic E-state index is 0. The number of rotatable bonds is 0. The zero-order valence-corrected chi connectivity index (χ0v) is 13.6. The van der Waals surface area contributed by atoms with Crippen LogP contribution in [0.5, 0.6) is 0 Å². The van der Waals surface area contributed by atoms with Crippen molar-refractivity contribution in [3.63, 3.8) is 0 Å². The van der Waals surface area contributed by atoms with Gasteiger partial charge in [-0.05, 0) is 11.8 Å². The second-order valence-electron chi connectivity index (χ2n) is 3.30. The van der Waals surface area contributed by atoms with Gasteiger partial charge in [-0.1, -0.05) is 39.8 Å². The zero-order valence-electron chi connectivity index (χ0n) is 10.7. The first-order chi connectivity index (χ1) is 7.77. The Bertz CT molecular complexity index is 433. The predicted octanol–water partition coefficient (Wildman–Crippen LogP) is 4.51. The summed E-state index contributed by atoms with van der Waals surface area (Å²) in [6, 6.07) is 0. The second kappa shape index (κ2) is 8.06. The number of nitrogens with zero attached hydrogens (tertiary/aromatic N) is 2. The average molecular weight is 397 g/mol. The molecule has 0 aromatic carbocycles. The van der Waals surface area contributed by atoms with Gasteiger partial charge in [-0.25, -0.2) is 10.2 Å². The Balaban J connectivity index is 0.000000811. The van der Waals surface area contributed by atoms with Gasteiger partial charge in [0, 0.05) is 26.8 Å². The first kappa shape index (κ1) is 15.9. The van der Waals surface area contributed by atoms with E-state index >= 15 is 0 Å². The molecule has 0 bridgehead atoms. The van der Waals surface area contributed by atoms with Crippen LogP contribution in [0, 0.1) is 5.92 Å². The van der Waals surface area contributed by atoms with E-state index in [0.29, 0.717) is 0 Å². The fourth-order valence-corrected chi connectivity index (χ4v) is 1.46. The molecule has 2 aliphatic rings. The zero-order chi connectivity index (χ0) is 12.0. The normalized spacial score (nSPS) is 16.2. The van der Waals surface area contributed by atoms with Gasteiger partial charge >= 0.3 is 0 Å². The Labute approximate surface area is 118 Å². The van der Waals surface area contributed by atoms with Gasteiger partial charge in [-0.3, -0.25) is 0 Å². The molecule has 0 saturated heterocycles. The van der Waals surface area contributed by atoms with E-state index in [1.807, 2.05) is 51.2 Å². The molecule has 0 aromatic rings. The van der Waals surface area contributed by atoms with Gasteiger partial charge in [0.25, 0.3) is 0 Å². The van der Waals surface area contributed by atoms with Gasteiger partial charge in [0.15, 0.2) is 0 Å². The second-order valence-corrected chi connectivity index (χ2v) is 3.30. The van der Waals surface area contributed by atoms with Crippen molar-refractivity contribution < 1.29 is 21.1 Å². The summed E-state index contributed by atoms with van der Waals surface area (Å²) in [6.45, 7) is 8.02. The van der Waals surface area contributed by atoms with Crippen LogP contribution in [0.25, 0.3) is 0 Å². The molecular weight excluding hydrogens is 380 g/mol. The molecule has 0 spiro atoms. The average Bonchev–Trinajstić information content (AvgIpc) is 2.59. The van der Waals surface area contributed by atoms with Crippen molar-refractivity contribution in [2.75, 3.05) is 0 Å². The molecule has 2 rings (SSSR count). The third kappa shape index (κ3) is 4.34. The van der Waals surface area contributed by atoms with Gasteiger partial charge in [0.1, 0.15) is 0 Å². The Morgan fingerprint density at radius 3 is 2.47 bits per heavy atom. The van der Waals surface area contributed by atoms with E-state index in [2.05, 4.69) is 22.9 Å². The molecule has 3 heteroatoms. The molecule has 1 aliphatic heterocycles. The summed E-state index contributed by atoms with van der Waals surface area (Å²) < 4.78 is 0. The molecule has 2 nitrogen and oxygen atoms in total. The van der Waals surface area contributed by atoms with Crippen LogP contribution in [0.2, 0.25) is 0 Å². The van der Waals surface area contributed by atoms with Crippen molar-refractivity contribution >= 4 is 0 Å². The van der Waals surface area contributed by atoms with E-state index in [-0.39, 0.29) is 21.1 Å². The van der Waals surface area contributed by atoms with Crippen LogP contribution >= 0.6 is 0 Å². The Hall–Kier alpha value is -1.10. The standard InChI is InChI=1S/C12H11N2.C2H6.W/c1-9-8-10(2)13-14-12-7-5-3-4-6-11(9)12;1-2;/h4-8H,1-2H3;1-2H3;/q-1;;. The molecule has 0 aromatic heterocycles. The third-order valence-electron chi connectivity index (χ3n) is 2.13. The van der Waals surface area contributed by atoms with Gasteiger partial charge in [-0.15, -0.1) is 29.4 Å². The van der Waals surface area contributed by atoms with Crippen LogP contribution < -0.4 is 0 Å². The van der Waals surface area contributed by atoms with Crippen molar-refractivity contribution in [3.05, 3.63) is 59.0 Å². The molecule has 90 valence electrons. The van der Waals surface area contributed by atoms with E-state index in [9.17, 15) is 0 Å². The fourth-order valence-electron chi connectivity index (χ4n) is 1.46. The molecule has 17 heavy (non-hydrogen) atoms. The smallest absolute Gasteiger partial charge is 0.0106 e. The predicted molar refractivity (Wildman–Crippen MR) is 67.7 cm³/mol. The maximum atomic E-state index is 4.17. The largest absolute Gasteiger partial charge is 0.215 e. The molecule has 0 amide bonds. The summed E-state index contributed by atoms with van der Waals surface area (Å²) >= 11 is 0. The SMILES string of the molecule is CC.CC1=C[C-](C)C2=CC=C=CC=C2N=N1.[W]. The van der Waals surface area contributed by atoms with Gasteiger partial charge in [0.05, 0.1) is 0 Å². The summed E-state index contributed by atoms with van der Waals surface area (Å²) in [5.41, 5.74) is 5.97. The number of allylic oxidation sites excluding steroid dienone is 6. The number of hydrogen-bond donors (Lipinski definition) is 0. The van der Waals surface area contributed by atoms with Crippen LogP contribution in [-0.2, 0) is 21.1 Å². The minimum Gasteiger partial charge on any atom is -0.215 e. The van der Waals surface area contributed by atoms with Crippen molar-refractivity contribution in [2.24, 2.45) is 10.2 Å². The van der Waals surface area contributed by atoms with E-state index < -0.39 is 0 Å². The van der Waals surface area contributed by atoms with E-state index in [4.69, 9.17) is 0 Å². The van der Waals surface area contributed by atoms with Crippen molar-refractivity contribution in [1.29, 1.82) is 0 Å². The first-order valence-electron chi connectivity index (χ1n) is 5.55. The summed E-state index contributed by atoms with van der Waals surface area (Å²) in [5.74, 6) is 1.19. The molecule has 0 radical (unpaired) electrons. The fraction of sp³-hybridized carbons (Fsp3) is 0.286. The van der Waals surface area contributed by atoms with E-state index in [1.54, 1.807) is 0 Å². The Morgan fingerprint density at radius 1 is 1.12 bits per heavy atom. The molecule has 0 N–H and O–H groups in total. The topological polar surface area (TPSA) is 24.7 Å². The summed E-state index contributed by atoms with van der Waals surface area (Å²) in [6.07, 6.45) is 9.72. The maximum absolute atomic E-state index is 4.17. The minimum absolute atomic E-state index is 0. The van der Waals surface area contributed by atoms with Gasteiger partial charge in [0.2, 0.25) is 0 Å². The maximum Gasteiger partial charge on any atom is 0.0106 e. The molecular formula is C14H17N2W-. The van der Waals surface area contributed by atoms with E-state index in [1.165, 1.54) is 5.92 Å². The number of hydrogen-bond acceptors (Lipinski definition) is 2. The Kier molecular flexibility index (Phi) is 7.54. The van der Waals surface area contributed by atoms with Gasteiger partial charge in [-0.2, -0.15) is 0 Å². The molecule has 0 fully saturated rings. The van der Waals surface area contributed by atoms with Crippen molar-refractivity contribution in [3.8, 4) is 0 Å². The summed E-state index contributed by atoms with van der Waals surface area (Å²) in [5, 5.41) is 8.27. The van der Waals surface area contributed by atoms with Crippen LogP contribution in [0.4, 0.5) is 0 Å². The Morgan fingerprint density at radius 2 is 1.76 bits per heavy atom. The molecule has 0 atom stereocenters. The van der Waals surface area contributed by atoms with Gasteiger partial charge < -0.3 is 0 Å². The number of azo groups is 1. The summed E-state index contributed by atoms with van der Waals surface area (Å²) in [4.78, 5) is 0. The van der Waals surface area contributed by atoms with Crippen LogP contribution in [0.15, 0.2) is 63.3 Å². The monoisotopic (exact) mass is 397 g/mol. The molecule has 1 heterocycles. The third-order valence-corrected chi connectivity index (χ3v) is 2.13.